The molecule has 0 unspecified atom stereocenters. The van der Waals surface area contributed by atoms with E-state index in [0.29, 0.717) is 34.2 Å². The second kappa shape index (κ2) is 19.6. The van der Waals surface area contributed by atoms with Gasteiger partial charge in [-0.15, -0.1) is 18.2 Å². The van der Waals surface area contributed by atoms with Gasteiger partial charge in [-0.25, -0.2) is 4.98 Å². The third-order valence-electron chi connectivity index (χ3n) is 13.3. The first-order valence-electron chi connectivity index (χ1n) is 25.7. The first kappa shape index (κ1) is 46.3. The predicted molar refractivity (Wildman–Crippen MR) is 300 cm³/mol. The van der Waals surface area contributed by atoms with Gasteiger partial charge in [0.1, 0.15) is 4.83 Å². The zero-order valence-electron chi connectivity index (χ0n) is 44.9. The molecule has 71 heavy (non-hydrogen) atoms. The van der Waals surface area contributed by atoms with Crippen molar-refractivity contribution < 1.29 is 28.6 Å². The van der Waals surface area contributed by atoms with Crippen molar-refractivity contribution in [3.05, 3.63) is 186 Å². The number of fused-ring (bicyclic) bond motifs is 7. The third-order valence-corrected chi connectivity index (χ3v) is 18.7. The van der Waals surface area contributed by atoms with Crippen LogP contribution in [0.25, 0.3) is 92.3 Å². The van der Waals surface area contributed by atoms with Gasteiger partial charge in [0.25, 0.3) is 0 Å². The Balaban J connectivity index is 0.000000206. The number of hydrogen-bond donors (Lipinski definition) is 0. The molecule has 4 heterocycles. The zero-order chi connectivity index (χ0) is 51.7. The van der Waals surface area contributed by atoms with Crippen molar-refractivity contribution >= 4 is 81.9 Å². The molecular formula is C63H59FGeIrN4S-2. The van der Waals surface area contributed by atoms with Gasteiger partial charge in [-0.05, 0) is 67.4 Å². The van der Waals surface area contributed by atoms with E-state index in [4.69, 9.17) is 14.1 Å². The van der Waals surface area contributed by atoms with Crippen LogP contribution in [0.4, 0.5) is 4.39 Å². The fraction of sp³-hybridized carbons (Fsp3) is 0.222. The van der Waals surface area contributed by atoms with Gasteiger partial charge < -0.3 is 4.57 Å². The third kappa shape index (κ3) is 9.43. The molecule has 7 aromatic carbocycles. The Hall–Kier alpha value is -5.83. The van der Waals surface area contributed by atoms with Crippen LogP contribution in [0.15, 0.2) is 146 Å². The fourth-order valence-corrected chi connectivity index (χ4v) is 13.7. The van der Waals surface area contributed by atoms with E-state index in [1.807, 2.05) is 30.3 Å². The number of hydrogen-bond acceptors (Lipinski definition) is 4. The van der Waals surface area contributed by atoms with Gasteiger partial charge in [0.2, 0.25) is 0 Å². The van der Waals surface area contributed by atoms with Gasteiger partial charge in [0, 0.05) is 42.3 Å². The monoisotopic (exact) mass is 1190 g/mol. The standard InChI is InChI=1S/C42H38N3S.C21H21FGeN.Ir/c1-24(2)33-23-27-14-9-10-15-28(27)36(25(3)4)38(33)45-37-29-16-11-8-13-26(29)19-21-34(37)43-40(45)32-18-12-17-30-31-20-22-35(42(5,6)7)44-41(31)46-39(30)32;1-15-12-21(24-14-20(15)23(2,3)4)17-10-11-19(22)18(13-17)16-8-6-5-7-9-16;/h8-17,19-25H,1-7H3;5-9,11-14H,1-4H3;/q2*-1;/i;1D3;. The predicted octanol–water partition coefficient (Wildman–Crippen LogP) is 17.3. The zero-order valence-corrected chi connectivity index (χ0v) is 47.2. The summed E-state index contributed by atoms with van der Waals surface area (Å²) in [4.78, 5) is 16.2. The number of pyridine rings is 2. The molecule has 11 aromatic rings. The Morgan fingerprint density at radius 2 is 1.45 bits per heavy atom. The van der Waals surface area contributed by atoms with Crippen molar-refractivity contribution in [1.29, 1.82) is 0 Å². The van der Waals surface area contributed by atoms with E-state index in [2.05, 4.69) is 178 Å². The van der Waals surface area contributed by atoms with Gasteiger partial charge in [-0.3, -0.25) is 4.98 Å². The molecule has 11 rings (SSSR count). The van der Waals surface area contributed by atoms with E-state index in [1.165, 1.54) is 59.9 Å². The van der Waals surface area contributed by atoms with E-state index in [-0.39, 0.29) is 31.3 Å². The number of thiophene rings is 1. The maximum Gasteiger partial charge on any atom is 0 e. The Kier molecular flexibility index (Phi) is 12.8. The maximum absolute atomic E-state index is 14.3. The molecular weight excluding hydrogens is 1130 g/mol. The Morgan fingerprint density at radius 3 is 2.15 bits per heavy atom. The summed E-state index contributed by atoms with van der Waals surface area (Å²) in [7, 11) is 0. The van der Waals surface area contributed by atoms with Gasteiger partial charge in [-0.2, -0.15) is 11.3 Å². The molecule has 0 aliphatic carbocycles. The average Bonchev–Trinajstić information content (AvgIpc) is 3.94. The molecule has 0 aliphatic heterocycles. The molecule has 0 aliphatic rings. The first-order valence-corrected chi connectivity index (χ1v) is 32.3. The Labute approximate surface area is 442 Å². The van der Waals surface area contributed by atoms with Crippen LogP contribution in [0.3, 0.4) is 0 Å². The van der Waals surface area contributed by atoms with Crippen molar-refractivity contribution in [2.75, 3.05) is 0 Å². The Morgan fingerprint density at radius 1 is 0.732 bits per heavy atom. The number of halogens is 1. The fourth-order valence-electron chi connectivity index (χ4n) is 9.75. The van der Waals surface area contributed by atoms with Crippen LogP contribution >= 0.6 is 11.3 Å². The normalized spacial score (nSPS) is 12.9. The minimum absolute atomic E-state index is 0. The van der Waals surface area contributed by atoms with Crippen molar-refractivity contribution in [1.82, 2.24) is 19.5 Å². The number of aromatic nitrogens is 4. The van der Waals surface area contributed by atoms with E-state index in [1.54, 1.807) is 29.7 Å². The van der Waals surface area contributed by atoms with Gasteiger partial charge in [-0.1, -0.05) is 120 Å². The summed E-state index contributed by atoms with van der Waals surface area (Å²) >= 11 is -0.652. The molecule has 4 aromatic heterocycles. The molecule has 0 saturated heterocycles. The number of aryl methyl sites for hydroxylation is 1. The molecule has 0 saturated carbocycles. The summed E-state index contributed by atoms with van der Waals surface area (Å²) in [6.45, 7) is 13.7. The summed E-state index contributed by atoms with van der Waals surface area (Å²) < 4.78 is 42.6. The van der Waals surface area contributed by atoms with Crippen LogP contribution in [-0.2, 0) is 25.5 Å². The van der Waals surface area contributed by atoms with Crippen molar-refractivity contribution in [2.45, 2.75) is 89.8 Å². The number of nitrogens with zero attached hydrogens (tertiary/aromatic N) is 4. The molecule has 359 valence electrons. The van der Waals surface area contributed by atoms with Crippen LogP contribution in [0, 0.1) is 24.8 Å². The second-order valence-corrected chi connectivity index (χ2v) is 32.6. The molecule has 8 heteroatoms. The minimum atomic E-state index is -2.41. The summed E-state index contributed by atoms with van der Waals surface area (Å²) in [6.07, 6.45) is 1.69. The maximum atomic E-state index is 14.3. The van der Waals surface area contributed by atoms with E-state index in [0.717, 1.165) is 42.9 Å². The number of rotatable bonds is 7. The van der Waals surface area contributed by atoms with Crippen LogP contribution in [0.2, 0.25) is 17.3 Å². The SMILES string of the molecule is CC(C)c1cc2ccccc2c(C(C)C)c1-n1c(-c2[c-]ccc3c2sc2nc(C(C)(C)C)ccc23)nc2ccc3ccccc3c21.[2H]C([2H])([2H])c1cc(-c2[c-]cc(F)c(-c3ccccc3)c2)nc[c]1[Ge]([CH3])([CH3])[CH3].[Ir]. The van der Waals surface area contributed by atoms with Gasteiger partial charge >= 0.3 is 150 Å². The largest absolute Gasteiger partial charge is 0 e. The number of benzene rings is 7. The molecule has 1 radical (unpaired) electrons. The molecule has 0 spiro atoms. The summed E-state index contributed by atoms with van der Waals surface area (Å²) in [5.74, 6) is 7.58. The Bertz CT molecular complexity index is 3910. The molecule has 0 atom stereocenters. The van der Waals surface area contributed by atoms with Gasteiger partial charge in [0.15, 0.2) is 0 Å². The summed E-state index contributed by atoms with van der Waals surface area (Å²) in [6, 6.07) is 53.4. The molecule has 0 amide bonds. The van der Waals surface area contributed by atoms with E-state index >= 15 is 0 Å². The molecule has 0 bridgehead atoms. The minimum Gasteiger partial charge on any atom is 0 e. The average molecular weight is 1190 g/mol. The van der Waals surface area contributed by atoms with Crippen molar-refractivity contribution in [2.24, 2.45) is 0 Å². The second-order valence-electron chi connectivity index (χ2n) is 21.0. The summed E-state index contributed by atoms with van der Waals surface area (Å²) in [5.41, 5.74) is 10.8. The quantitative estimate of drug-likeness (QED) is 0.118. The van der Waals surface area contributed by atoms with Crippen LogP contribution < -0.4 is 4.40 Å². The van der Waals surface area contributed by atoms with Gasteiger partial charge in [0.05, 0.1) is 16.9 Å². The van der Waals surface area contributed by atoms with Crippen LogP contribution in [0.5, 0.6) is 0 Å². The van der Waals surface area contributed by atoms with E-state index in [9.17, 15) is 4.39 Å². The molecule has 0 N–H and O–H groups in total. The molecule has 4 nitrogen and oxygen atoms in total. The van der Waals surface area contributed by atoms with Crippen LogP contribution in [-0.4, -0.2) is 32.8 Å². The van der Waals surface area contributed by atoms with E-state index < -0.39 is 20.1 Å². The first-order chi connectivity index (χ1) is 34.7. The van der Waals surface area contributed by atoms with Crippen LogP contribution in [0.1, 0.15) is 86.8 Å². The topological polar surface area (TPSA) is 43.6 Å². The smallest absolute Gasteiger partial charge is 0 e. The van der Waals surface area contributed by atoms with Crippen molar-refractivity contribution in [3.8, 4) is 39.5 Å². The molecule has 0 fully saturated rings. The summed E-state index contributed by atoms with van der Waals surface area (Å²) in [5, 5.41) is 7.39. The number of imidazole rings is 1. The van der Waals surface area contributed by atoms with Crippen molar-refractivity contribution in [3.63, 3.8) is 0 Å².